The lowest BCUT2D eigenvalue weighted by Gasteiger charge is -2.27. The summed E-state index contributed by atoms with van der Waals surface area (Å²) in [5.74, 6) is -1.32. The molecule has 0 atom stereocenters. The molecule has 0 aliphatic carbocycles. The van der Waals surface area contributed by atoms with Gasteiger partial charge in [-0.25, -0.2) is 9.69 Å². The highest BCUT2D eigenvalue weighted by Gasteiger charge is 2.37. The second-order valence-electron chi connectivity index (χ2n) is 8.62. The minimum absolute atomic E-state index is 0.0672. The van der Waals surface area contributed by atoms with Crippen LogP contribution in [0, 0.1) is 27.7 Å². The number of carbonyl (C=O) groups is 3. The summed E-state index contributed by atoms with van der Waals surface area (Å²) in [6, 6.07) is 18.8. The number of nitrogens with zero attached hydrogens (tertiary/aromatic N) is 1. The minimum Gasteiger partial charge on any atom is -0.273 e. The Morgan fingerprint density at radius 2 is 1.52 bits per heavy atom. The first kappa shape index (κ1) is 22.2. The monoisotopic (exact) mass is 438 g/mol. The second kappa shape index (κ2) is 8.87. The molecule has 0 saturated carbocycles. The van der Waals surface area contributed by atoms with Gasteiger partial charge in [0.1, 0.15) is 5.57 Å². The van der Waals surface area contributed by atoms with Gasteiger partial charge in [0.15, 0.2) is 0 Å². The number of aryl methyl sites for hydroxylation is 4. The van der Waals surface area contributed by atoms with Crippen LogP contribution >= 0.6 is 0 Å². The summed E-state index contributed by atoms with van der Waals surface area (Å²) >= 11 is 0. The summed E-state index contributed by atoms with van der Waals surface area (Å²) in [5.41, 5.74) is 7.49. The number of rotatable bonds is 4. The molecule has 5 heteroatoms. The van der Waals surface area contributed by atoms with Crippen molar-refractivity contribution in [3.8, 4) is 0 Å². The van der Waals surface area contributed by atoms with Crippen molar-refractivity contribution in [3.63, 3.8) is 0 Å². The maximum Gasteiger partial charge on any atom is 0.335 e. The first-order valence-electron chi connectivity index (χ1n) is 10.9. The molecule has 4 amide bonds. The van der Waals surface area contributed by atoms with Gasteiger partial charge in [-0.1, -0.05) is 71.3 Å². The molecule has 0 aromatic heterocycles. The number of urea groups is 1. The fourth-order valence-electron chi connectivity index (χ4n) is 4.31. The Morgan fingerprint density at radius 3 is 2.21 bits per heavy atom. The minimum atomic E-state index is -0.738. The molecule has 1 aliphatic rings. The van der Waals surface area contributed by atoms with E-state index in [-0.39, 0.29) is 5.57 Å². The molecule has 0 radical (unpaired) electrons. The molecule has 4 rings (SSSR count). The average Bonchev–Trinajstić information content (AvgIpc) is 2.73. The summed E-state index contributed by atoms with van der Waals surface area (Å²) < 4.78 is 0. The molecule has 166 valence electrons. The Balaban J connectivity index is 1.73. The summed E-state index contributed by atoms with van der Waals surface area (Å²) in [4.78, 5) is 39.6. The van der Waals surface area contributed by atoms with Crippen LogP contribution < -0.4 is 10.2 Å². The molecule has 5 nitrogen and oxygen atoms in total. The second-order valence-corrected chi connectivity index (χ2v) is 8.62. The number of amides is 4. The van der Waals surface area contributed by atoms with E-state index in [2.05, 4.69) is 37.4 Å². The van der Waals surface area contributed by atoms with E-state index in [1.54, 1.807) is 12.1 Å². The van der Waals surface area contributed by atoms with Gasteiger partial charge in [-0.3, -0.25) is 14.9 Å². The smallest absolute Gasteiger partial charge is 0.273 e. The molecule has 0 unspecified atom stereocenters. The highest BCUT2D eigenvalue weighted by molar-refractivity contribution is 6.39. The van der Waals surface area contributed by atoms with E-state index in [4.69, 9.17) is 0 Å². The number of nitrogens with one attached hydrogen (secondary N) is 1. The van der Waals surface area contributed by atoms with Crippen molar-refractivity contribution >= 4 is 29.6 Å². The van der Waals surface area contributed by atoms with Gasteiger partial charge in [-0.2, -0.15) is 0 Å². The van der Waals surface area contributed by atoms with E-state index in [9.17, 15) is 14.4 Å². The zero-order valence-electron chi connectivity index (χ0n) is 19.2. The zero-order chi connectivity index (χ0) is 23.7. The maximum absolute atomic E-state index is 13.3. The van der Waals surface area contributed by atoms with Gasteiger partial charge >= 0.3 is 6.03 Å². The number of benzene rings is 3. The summed E-state index contributed by atoms with van der Waals surface area (Å²) in [5, 5.41) is 2.31. The van der Waals surface area contributed by atoms with E-state index in [1.165, 1.54) is 11.1 Å². The topological polar surface area (TPSA) is 66.5 Å². The zero-order valence-corrected chi connectivity index (χ0v) is 19.2. The van der Waals surface area contributed by atoms with Gasteiger partial charge in [0.2, 0.25) is 0 Å². The van der Waals surface area contributed by atoms with E-state index in [0.717, 1.165) is 32.7 Å². The van der Waals surface area contributed by atoms with Gasteiger partial charge in [-0.15, -0.1) is 0 Å². The third kappa shape index (κ3) is 4.62. The Bertz CT molecular complexity index is 1300. The Labute approximate surface area is 193 Å². The third-order valence-corrected chi connectivity index (χ3v) is 5.73. The van der Waals surface area contributed by atoms with Crippen LogP contribution in [0.3, 0.4) is 0 Å². The van der Waals surface area contributed by atoms with Crippen LogP contribution in [0.1, 0.15) is 38.9 Å². The van der Waals surface area contributed by atoms with Crippen LogP contribution in [0.15, 0.2) is 66.2 Å². The molecular formula is C28H26N2O3. The van der Waals surface area contributed by atoms with Crippen LogP contribution in [-0.2, 0) is 16.0 Å². The van der Waals surface area contributed by atoms with Gasteiger partial charge in [0, 0.05) is 0 Å². The van der Waals surface area contributed by atoms with Crippen molar-refractivity contribution < 1.29 is 14.4 Å². The van der Waals surface area contributed by atoms with Gasteiger partial charge < -0.3 is 0 Å². The lowest BCUT2D eigenvalue weighted by molar-refractivity contribution is -0.122. The number of carbonyl (C=O) groups excluding carboxylic acids is 3. The van der Waals surface area contributed by atoms with E-state index < -0.39 is 17.8 Å². The van der Waals surface area contributed by atoms with Gasteiger partial charge in [0.25, 0.3) is 11.8 Å². The van der Waals surface area contributed by atoms with Crippen molar-refractivity contribution in [2.75, 3.05) is 4.90 Å². The largest absolute Gasteiger partial charge is 0.335 e. The average molecular weight is 439 g/mol. The fourth-order valence-corrected chi connectivity index (χ4v) is 4.31. The van der Waals surface area contributed by atoms with Crippen LogP contribution in [0.2, 0.25) is 0 Å². The highest BCUT2D eigenvalue weighted by Crippen LogP contribution is 2.27. The number of hydrogen-bond donors (Lipinski definition) is 1. The van der Waals surface area contributed by atoms with Crippen molar-refractivity contribution in [2.24, 2.45) is 0 Å². The number of anilines is 1. The predicted octanol–water partition coefficient (Wildman–Crippen LogP) is 5.18. The van der Waals surface area contributed by atoms with Crippen LogP contribution in [0.4, 0.5) is 10.5 Å². The van der Waals surface area contributed by atoms with Gasteiger partial charge in [0.05, 0.1) is 5.69 Å². The molecule has 1 N–H and O–H groups in total. The molecule has 1 aliphatic heterocycles. The predicted molar refractivity (Wildman–Crippen MR) is 130 cm³/mol. The van der Waals surface area contributed by atoms with Crippen molar-refractivity contribution in [2.45, 2.75) is 34.1 Å². The maximum atomic E-state index is 13.3. The van der Waals surface area contributed by atoms with E-state index >= 15 is 0 Å². The number of barbiturate groups is 1. The first-order valence-corrected chi connectivity index (χ1v) is 10.9. The molecular weight excluding hydrogens is 412 g/mol. The van der Waals surface area contributed by atoms with E-state index in [0.29, 0.717) is 12.1 Å². The Hall–Kier alpha value is -3.99. The molecule has 0 bridgehead atoms. The molecule has 1 fully saturated rings. The van der Waals surface area contributed by atoms with Crippen LogP contribution in [-0.4, -0.2) is 17.8 Å². The fraction of sp³-hybridized carbons (Fsp3) is 0.179. The molecule has 3 aromatic carbocycles. The number of imide groups is 2. The quantitative estimate of drug-likeness (QED) is 0.451. The summed E-state index contributed by atoms with van der Waals surface area (Å²) in [6.07, 6.45) is 2.25. The lowest BCUT2D eigenvalue weighted by Crippen LogP contribution is -2.54. The standard InChI is InChI=1S/C28H26N2O3/c1-17-9-10-25(20(4)12-17)30-27(32)24(26(31)29-28(30)33)16-23-8-6-5-7-22(23)15-21-13-18(2)11-19(3)14-21/h5-14,16H,15H2,1-4H3,(H,29,31,33)/b24-16+. The molecule has 3 aromatic rings. The molecule has 33 heavy (non-hydrogen) atoms. The molecule has 1 heterocycles. The van der Waals surface area contributed by atoms with Gasteiger partial charge in [-0.05, 0) is 68.5 Å². The summed E-state index contributed by atoms with van der Waals surface area (Å²) in [6.45, 7) is 7.90. The lowest BCUT2D eigenvalue weighted by atomic mass is 9.95. The molecule has 0 spiro atoms. The Kier molecular flexibility index (Phi) is 5.97. The normalized spacial score (nSPS) is 15.2. The van der Waals surface area contributed by atoms with Crippen molar-refractivity contribution in [3.05, 3.63) is 105 Å². The van der Waals surface area contributed by atoms with E-state index in [1.807, 2.05) is 50.2 Å². The SMILES string of the molecule is Cc1cc(C)cc(Cc2ccccc2/C=C2\C(=O)NC(=O)N(c3ccc(C)cc3C)C2=O)c1. The number of hydrogen-bond acceptors (Lipinski definition) is 3. The van der Waals surface area contributed by atoms with Crippen LogP contribution in [0.5, 0.6) is 0 Å². The third-order valence-electron chi connectivity index (χ3n) is 5.73. The Morgan fingerprint density at radius 1 is 0.818 bits per heavy atom. The van der Waals surface area contributed by atoms with Crippen molar-refractivity contribution in [1.82, 2.24) is 5.32 Å². The molecule has 1 saturated heterocycles. The van der Waals surface area contributed by atoms with Crippen molar-refractivity contribution in [1.29, 1.82) is 0 Å². The first-order chi connectivity index (χ1) is 15.7. The summed E-state index contributed by atoms with van der Waals surface area (Å²) in [7, 11) is 0. The highest BCUT2D eigenvalue weighted by atomic mass is 16.2. The van der Waals surface area contributed by atoms with Crippen LogP contribution in [0.25, 0.3) is 6.08 Å².